The smallest absolute Gasteiger partial charge is 0.304 e. The third-order valence-corrected chi connectivity index (χ3v) is 4.35. The average Bonchev–Trinajstić information content (AvgIpc) is 3.13. The van der Waals surface area contributed by atoms with Gasteiger partial charge in [-0.15, -0.1) is 0 Å². The van der Waals surface area contributed by atoms with Crippen LogP contribution in [0.3, 0.4) is 0 Å². The maximum absolute atomic E-state index is 12.4. The highest BCUT2D eigenvalue weighted by molar-refractivity contribution is 5.83. The minimum absolute atomic E-state index is 0.125. The Labute approximate surface area is 153 Å². The fraction of sp³-hybridized carbons (Fsp3) is 0. The molecule has 0 saturated heterocycles. The predicted octanol–water partition coefficient (Wildman–Crippen LogP) is 4.05. The van der Waals surface area contributed by atoms with E-state index in [4.69, 9.17) is 4.74 Å². The van der Waals surface area contributed by atoms with E-state index in [0.29, 0.717) is 16.8 Å². The third-order valence-electron chi connectivity index (χ3n) is 4.35. The number of nitrogens with zero attached hydrogens (tertiary/aromatic N) is 3. The second-order valence-electron chi connectivity index (χ2n) is 6.11. The number of hydrogen-bond acceptors (Lipinski definition) is 4. The summed E-state index contributed by atoms with van der Waals surface area (Å²) in [6, 6.07) is 23.4. The van der Waals surface area contributed by atoms with Crippen LogP contribution in [0.5, 0.6) is 11.8 Å². The molecule has 2 heterocycles. The standard InChI is InChI=1S/C21H14N4O2/c26-20-18-13-22-25(16-8-2-1-3-9-16)19(18)23-21(24-20)27-17-11-10-14-6-4-5-7-15(14)12-17/h1-13H,(H,23,24,26). The Balaban J connectivity index is 1.59. The predicted molar refractivity (Wildman–Crippen MR) is 104 cm³/mol. The fourth-order valence-electron chi connectivity index (χ4n) is 3.05. The van der Waals surface area contributed by atoms with E-state index >= 15 is 0 Å². The van der Waals surface area contributed by atoms with Crippen molar-refractivity contribution in [1.29, 1.82) is 0 Å². The van der Waals surface area contributed by atoms with Crippen LogP contribution in [0.25, 0.3) is 27.5 Å². The summed E-state index contributed by atoms with van der Waals surface area (Å²) in [6.45, 7) is 0. The molecule has 0 aliphatic rings. The molecular formula is C21H14N4O2. The van der Waals surface area contributed by atoms with Crippen LogP contribution in [0, 0.1) is 0 Å². The maximum Gasteiger partial charge on any atom is 0.304 e. The van der Waals surface area contributed by atoms with Crippen LogP contribution in [0.15, 0.2) is 83.8 Å². The van der Waals surface area contributed by atoms with E-state index in [-0.39, 0.29) is 11.6 Å². The molecule has 0 bridgehead atoms. The summed E-state index contributed by atoms with van der Waals surface area (Å²) in [5, 5.41) is 6.86. The number of aromatic nitrogens is 4. The van der Waals surface area contributed by atoms with Gasteiger partial charge in [0, 0.05) is 0 Å². The molecule has 2 aromatic heterocycles. The highest BCUT2D eigenvalue weighted by atomic mass is 16.5. The lowest BCUT2D eigenvalue weighted by Gasteiger charge is -2.07. The van der Waals surface area contributed by atoms with Gasteiger partial charge < -0.3 is 4.74 Å². The van der Waals surface area contributed by atoms with Gasteiger partial charge in [0.15, 0.2) is 5.65 Å². The van der Waals surface area contributed by atoms with Crippen molar-refractivity contribution in [2.75, 3.05) is 0 Å². The Morgan fingerprint density at radius 1 is 0.889 bits per heavy atom. The summed E-state index contributed by atoms with van der Waals surface area (Å²) in [4.78, 5) is 19.6. The summed E-state index contributed by atoms with van der Waals surface area (Å²) in [5.41, 5.74) is 0.973. The van der Waals surface area contributed by atoms with E-state index < -0.39 is 0 Å². The molecule has 0 amide bonds. The Morgan fingerprint density at radius 2 is 1.67 bits per heavy atom. The largest absolute Gasteiger partial charge is 0.426 e. The van der Waals surface area contributed by atoms with Crippen LogP contribution < -0.4 is 10.3 Å². The van der Waals surface area contributed by atoms with Gasteiger partial charge in [-0.25, -0.2) is 4.68 Å². The number of fused-ring (bicyclic) bond motifs is 2. The lowest BCUT2D eigenvalue weighted by Crippen LogP contribution is -2.10. The highest BCUT2D eigenvalue weighted by Crippen LogP contribution is 2.24. The molecule has 6 nitrogen and oxygen atoms in total. The van der Waals surface area contributed by atoms with Gasteiger partial charge in [-0.3, -0.25) is 9.78 Å². The Bertz CT molecular complexity index is 1320. The van der Waals surface area contributed by atoms with Crippen molar-refractivity contribution >= 4 is 21.8 Å². The first-order valence-corrected chi connectivity index (χ1v) is 8.48. The van der Waals surface area contributed by atoms with Crippen LogP contribution in [0.1, 0.15) is 0 Å². The van der Waals surface area contributed by atoms with Gasteiger partial charge >= 0.3 is 6.01 Å². The summed E-state index contributed by atoms with van der Waals surface area (Å²) in [6.07, 6.45) is 1.51. The quantitative estimate of drug-likeness (QED) is 0.530. The number of benzene rings is 3. The van der Waals surface area contributed by atoms with Crippen LogP contribution >= 0.6 is 0 Å². The number of nitrogens with one attached hydrogen (secondary N) is 1. The van der Waals surface area contributed by atoms with Crippen molar-refractivity contribution in [3.63, 3.8) is 0 Å². The SMILES string of the molecule is O=c1[nH]c(Oc2ccc3ccccc3c2)nc2c1cnn2-c1ccccc1. The number of H-pyrrole nitrogens is 1. The molecular weight excluding hydrogens is 340 g/mol. The molecule has 27 heavy (non-hydrogen) atoms. The zero-order valence-corrected chi connectivity index (χ0v) is 14.2. The molecule has 0 aliphatic heterocycles. The molecule has 0 aliphatic carbocycles. The monoisotopic (exact) mass is 354 g/mol. The summed E-state index contributed by atoms with van der Waals surface area (Å²) >= 11 is 0. The van der Waals surface area contributed by atoms with Crippen LogP contribution in [0.4, 0.5) is 0 Å². The number of rotatable bonds is 3. The second kappa shape index (κ2) is 6.10. The molecule has 0 spiro atoms. The molecule has 0 saturated carbocycles. The minimum Gasteiger partial charge on any atom is -0.426 e. The topological polar surface area (TPSA) is 72.8 Å². The molecule has 0 atom stereocenters. The van der Waals surface area contributed by atoms with Crippen molar-refractivity contribution in [2.45, 2.75) is 0 Å². The molecule has 3 aromatic carbocycles. The molecule has 1 N–H and O–H groups in total. The molecule has 5 rings (SSSR count). The van der Waals surface area contributed by atoms with Gasteiger partial charge in [0.1, 0.15) is 11.1 Å². The minimum atomic E-state index is -0.294. The van der Waals surface area contributed by atoms with E-state index in [2.05, 4.69) is 15.1 Å². The number of aromatic amines is 1. The van der Waals surface area contributed by atoms with Gasteiger partial charge in [0.2, 0.25) is 0 Å². The van der Waals surface area contributed by atoms with E-state index in [1.54, 1.807) is 4.68 Å². The molecule has 0 radical (unpaired) electrons. The first kappa shape index (κ1) is 15.3. The summed E-state index contributed by atoms with van der Waals surface area (Å²) < 4.78 is 7.45. The lowest BCUT2D eigenvalue weighted by atomic mass is 10.1. The summed E-state index contributed by atoms with van der Waals surface area (Å²) in [5.74, 6) is 0.599. The van der Waals surface area contributed by atoms with Crippen LogP contribution in [0.2, 0.25) is 0 Å². The van der Waals surface area contributed by atoms with E-state index in [1.165, 1.54) is 6.20 Å². The van der Waals surface area contributed by atoms with Crippen LogP contribution in [-0.4, -0.2) is 19.7 Å². The van der Waals surface area contributed by atoms with Gasteiger partial charge in [-0.1, -0.05) is 48.5 Å². The number of para-hydroxylation sites is 1. The van der Waals surface area contributed by atoms with Gasteiger partial charge in [-0.2, -0.15) is 10.1 Å². The van der Waals surface area contributed by atoms with Crippen molar-refractivity contribution in [1.82, 2.24) is 19.7 Å². The molecule has 0 unspecified atom stereocenters. The van der Waals surface area contributed by atoms with Crippen LogP contribution in [-0.2, 0) is 0 Å². The first-order valence-electron chi connectivity index (χ1n) is 8.48. The first-order chi connectivity index (χ1) is 13.3. The average molecular weight is 354 g/mol. The molecule has 0 fully saturated rings. The number of ether oxygens (including phenoxy) is 1. The zero-order valence-electron chi connectivity index (χ0n) is 14.2. The van der Waals surface area contributed by atoms with Crippen molar-refractivity contribution in [2.24, 2.45) is 0 Å². The highest BCUT2D eigenvalue weighted by Gasteiger charge is 2.12. The summed E-state index contributed by atoms with van der Waals surface area (Å²) in [7, 11) is 0. The maximum atomic E-state index is 12.4. The second-order valence-corrected chi connectivity index (χ2v) is 6.11. The third kappa shape index (κ3) is 2.73. The number of hydrogen-bond donors (Lipinski definition) is 1. The Morgan fingerprint density at radius 3 is 2.52 bits per heavy atom. The van der Waals surface area contributed by atoms with E-state index in [1.807, 2.05) is 72.8 Å². The van der Waals surface area contributed by atoms with Crippen molar-refractivity contribution in [3.8, 4) is 17.4 Å². The lowest BCUT2D eigenvalue weighted by molar-refractivity contribution is 0.442. The fourth-order valence-corrected chi connectivity index (χ4v) is 3.05. The normalized spacial score (nSPS) is 11.1. The Kier molecular flexibility index (Phi) is 3.47. The van der Waals surface area contributed by atoms with E-state index in [9.17, 15) is 4.79 Å². The van der Waals surface area contributed by atoms with Gasteiger partial charge in [0.25, 0.3) is 5.56 Å². The van der Waals surface area contributed by atoms with Gasteiger partial charge in [0.05, 0.1) is 11.9 Å². The molecule has 130 valence electrons. The van der Waals surface area contributed by atoms with E-state index in [0.717, 1.165) is 16.5 Å². The Hall–Kier alpha value is -3.93. The van der Waals surface area contributed by atoms with Crippen molar-refractivity contribution < 1.29 is 4.74 Å². The van der Waals surface area contributed by atoms with Crippen molar-refractivity contribution in [3.05, 3.63) is 89.3 Å². The molecule has 6 heteroatoms. The van der Waals surface area contributed by atoms with Gasteiger partial charge in [-0.05, 0) is 35.0 Å². The zero-order chi connectivity index (χ0) is 18.2. The molecule has 5 aromatic rings.